The van der Waals surface area contributed by atoms with E-state index in [0.717, 1.165) is 25.9 Å². The van der Waals surface area contributed by atoms with Crippen LogP contribution in [0.1, 0.15) is 53.0 Å². The molecule has 2 saturated heterocycles. The van der Waals surface area contributed by atoms with E-state index in [-0.39, 0.29) is 31.3 Å². The first kappa shape index (κ1) is 27.7. The van der Waals surface area contributed by atoms with E-state index in [1.165, 1.54) is 0 Å². The molecule has 0 aliphatic carbocycles. The molecule has 2 atom stereocenters. The maximum Gasteiger partial charge on any atom is 0.410 e. The molecule has 2 heterocycles. The quantitative estimate of drug-likeness (QED) is 0.384. The van der Waals surface area contributed by atoms with Crippen molar-refractivity contribution in [3.63, 3.8) is 0 Å². The number of piperidine rings is 1. The third-order valence-corrected chi connectivity index (χ3v) is 6.56. The summed E-state index contributed by atoms with van der Waals surface area (Å²) in [7, 11) is 0. The number of amides is 1. The Morgan fingerprint density at radius 2 is 1.78 bits per heavy atom. The highest BCUT2D eigenvalue weighted by molar-refractivity contribution is 6.04. The number of carbonyl (C=O) groups excluding carboxylic acids is 2. The maximum atomic E-state index is 12.5. The van der Waals surface area contributed by atoms with Gasteiger partial charge in [-0.3, -0.25) is 0 Å². The highest BCUT2D eigenvalue weighted by Gasteiger charge is 2.45. The zero-order valence-electron chi connectivity index (χ0n) is 21.9. The summed E-state index contributed by atoms with van der Waals surface area (Å²) in [5.41, 5.74) is 3.43. The average Bonchev–Trinajstić information content (AvgIpc) is 3.17. The van der Waals surface area contributed by atoms with E-state index in [9.17, 15) is 19.5 Å². The number of ether oxygens (including phenoxy) is 3. The summed E-state index contributed by atoms with van der Waals surface area (Å²) in [6, 6.07) is 7.34. The Morgan fingerprint density at radius 1 is 1.17 bits per heavy atom. The molecule has 0 bridgehead atoms. The summed E-state index contributed by atoms with van der Waals surface area (Å²) in [5, 5.41) is 9.60. The number of hydrogen-bond donors (Lipinski definition) is 2. The predicted octanol–water partition coefficient (Wildman–Crippen LogP) is 2.43. The second kappa shape index (κ2) is 11.0. The van der Waals surface area contributed by atoms with Crippen molar-refractivity contribution in [3.05, 3.63) is 29.8 Å². The molecule has 2 unspecified atom stereocenters. The standard InChI is InChI=1S/C26H39N3O7/c1-17(2)28-12-10-19(11-13-28)29-15-21(35-24(29)33)16-34-20-8-6-18(7-9-20)14-26(27,22(30)31)23(32)36-25(3,4)5/h6-9,17,19,21H,10-16,27H2,1-5H3,(H,30,31). The summed E-state index contributed by atoms with van der Waals surface area (Å²) in [6.45, 7) is 12.0. The smallest absolute Gasteiger partial charge is 0.410 e. The van der Waals surface area contributed by atoms with Crippen LogP contribution in [0.2, 0.25) is 0 Å². The van der Waals surface area contributed by atoms with Gasteiger partial charge in [0.05, 0.1) is 6.54 Å². The molecule has 2 aliphatic rings. The fourth-order valence-electron chi connectivity index (χ4n) is 4.46. The van der Waals surface area contributed by atoms with Crippen LogP contribution in [0, 0.1) is 0 Å². The van der Waals surface area contributed by atoms with E-state index in [2.05, 4.69) is 18.7 Å². The van der Waals surface area contributed by atoms with Gasteiger partial charge in [-0.05, 0) is 65.2 Å². The first-order chi connectivity index (χ1) is 16.8. The monoisotopic (exact) mass is 505 g/mol. The van der Waals surface area contributed by atoms with Gasteiger partial charge in [0, 0.05) is 31.6 Å². The number of nitrogens with zero attached hydrogens (tertiary/aromatic N) is 2. The second-order valence-corrected chi connectivity index (χ2v) is 10.9. The van der Waals surface area contributed by atoms with Gasteiger partial charge in [0.15, 0.2) is 6.10 Å². The molecule has 2 fully saturated rings. The molecule has 0 aromatic heterocycles. The lowest BCUT2D eigenvalue weighted by Gasteiger charge is -2.37. The number of carboxylic acid groups (broad SMARTS) is 1. The fourth-order valence-corrected chi connectivity index (χ4v) is 4.46. The molecule has 200 valence electrons. The Labute approximate surface area is 212 Å². The van der Waals surface area contributed by atoms with Gasteiger partial charge in [-0.25, -0.2) is 14.4 Å². The summed E-state index contributed by atoms with van der Waals surface area (Å²) in [6.07, 6.45) is 0.977. The van der Waals surface area contributed by atoms with Crippen LogP contribution < -0.4 is 10.5 Å². The van der Waals surface area contributed by atoms with E-state index in [1.807, 2.05) is 4.90 Å². The van der Waals surface area contributed by atoms with Gasteiger partial charge < -0.3 is 34.9 Å². The number of carboxylic acids is 1. The van der Waals surface area contributed by atoms with Crippen LogP contribution in [0.4, 0.5) is 4.79 Å². The SMILES string of the molecule is CC(C)N1CCC(N2CC(COc3ccc(CC(N)(C(=O)O)C(=O)OC(C)(C)C)cc3)OC2=O)CC1. The summed E-state index contributed by atoms with van der Waals surface area (Å²) < 4.78 is 16.6. The van der Waals surface area contributed by atoms with Gasteiger partial charge in [-0.1, -0.05) is 12.1 Å². The van der Waals surface area contributed by atoms with Crippen LogP contribution in [-0.2, 0) is 25.5 Å². The molecule has 1 amide bonds. The Balaban J connectivity index is 1.52. The molecule has 1 aromatic carbocycles. The number of nitrogens with two attached hydrogens (primary N) is 1. The lowest BCUT2D eigenvalue weighted by Crippen LogP contribution is -2.58. The highest BCUT2D eigenvalue weighted by atomic mass is 16.6. The summed E-state index contributed by atoms with van der Waals surface area (Å²) in [4.78, 5) is 40.9. The lowest BCUT2D eigenvalue weighted by atomic mass is 9.91. The van der Waals surface area contributed by atoms with Gasteiger partial charge in [-0.2, -0.15) is 0 Å². The van der Waals surface area contributed by atoms with E-state index in [0.29, 0.717) is 23.9 Å². The molecule has 36 heavy (non-hydrogen) atoms. The number of esters is 1. The third-order valence-electron chi connectivity index (χ3n) is 6.56. The number of likely N-dealkylation sites (tertiary alicyclic amines) is 1. The molecule has 3 rings (SSSR count). The minimum absolute atomic E-state index is 0.188. The number of cyclic esters (lactones) is 1. The van der Waals surface area contributed by atoms with E-state index in [1.54, 1.807) is 45.0 Å². The molecule has 10 nitrogen and oxygen atoms in total. The van der Waals surface area contributed by atoms with Crippen molar-refractivity contribution >= 4 is 18.0 Å². The van der Waals surface area contributed by atoms with E-state index in [4.69, 9.17) is 19.9 Å². The Bertz CT molecular complexity index is 936. The van der Waals surface area contributed by atoms with Crippen molar-refractivity contribution in [1.82, 2.24) is 9.80 Å². The second-order valence-electron chi connectivity index (χ2n) is 10.9. The van der Waals surface area contributed by atoms with Gasteiger partial charge in [0.1, 0.15) is 18.0 Å². The predicted molar refractivity (Wildman–Crippen MR) is 133 cm³/mol. The average molecular weight is 506 g/mol. The largest absolute Gasteiger partial charge is 0.490 e. The van der Waals surface area contributed by atoms with Crippen molar-refractivity contribution in [2.45, 2.75) is 83.2 Å². The Hall–Kier alpha value is -2.85. The van der Waals surface area contributed by atoms with Crippen LogP contribution >= 0.6 is 0 Å². The Kier molecular flexibility index (Phi) is 8.51. The summed E-state index contributed by atoms with van der Waals surface area (Å²) >= 11 is 0. The molecule has 10 heteroatoms. The van der Waals surface area contributed by atoms with Gasteiger partial charge in [-0.15, -0.1) is 0 Å². The van der Waals surface area contributed by atoms with Crippen LogP contribution in [0.5, 0.6) is 5.75 Å². The molecule has 0 spiro atoms. The van der Waals surface area contributed by atoms with Crippen LogP contribution in [0.25, 0.3) is 0 Å². The number of rotatable bonds is 9. The first-order valence-corrected chi connectivity index (χ1v) is 12.5. The normalized spacial score (nSPS) is 21.2. The number of carbonyl (C=O) groups is 3. The molecule has 0 radical (unpaired) electrons. The zero-order chi connectivity index (χ0) is 26.7. The Morgan fingerprint density at radius 3 is 2.31 bits per heavy atom. The van der Waals surface area contributed by atoms with Crippen LogP contribution in [0.15, 0.2) is 24.3 Å². The van der Waals surface area contributed by atoms with E-state index < -0.39 is 23.1 Å². The number of hydrogen-bond acceptors (Lipinski definition) is 8. The lowest BCUT2D eigenvalue weighted by molar-refractivity contribution is -0.169. The minimum Gasteiger partial charge on any atom is -0.490 e. The maximum absolute atomic E-state index is 12.5. The van der Waals surface area contributed by atoms with Crippen LogP contribution in [0.3, 0.4) is 0 Å². The van der Waals surface area contributed by atoms with Crippen molar-refractivity contribution in [3.8, 4) is 5.75 Å². The number of aliphatic carboxylic acids is 1. The molecule has 0 saturated carbocycles. The van der Waals surface area contributed by atoms with Crippen molar-refractivity contribution < 1.29 is 33.7 Å². The highest BCUT2D eigenvalue weighted by Crippen LogP contribution is 2.25. The van der Waals surface area contributed by atoms with Gasteiger partial charge in [0.25, 0.3) is 0 Å². The topological polar surface area (TPSA) is 132 Å². The van der Waals surface area contributed by atoms with Crippen molar-refractivity contribution in [2.75, 3.05) is 26.2 Å². The van der Waals surface area contributed by atoms with Gasteiger partial charge in [0.2, 0.25) is 5.54 Å². The molecule has 2 aliphatic heterocycles. The molecular formula is C26H39N3O7. The minimum atomic E-state index is -2.21. The fraction of sp³-hybridized carbons (Fsp3) is 0.654. The van der Waals surface area contributed by atoms with Crippen molar-refractivity contribution in [1.29, 1.82) is 0 Å². The molecule has 1 aromatic rings. The first-order valence-electron chi connectivity index (χ1n) is 12.5. The zero-order valence-corrected chi connectivity index (χ0v) is 21.9. The summed E-state index contributed by atoms with van der Waals surface area (Å²) in [5.74, 6) is -1.92. The van der Waals surface area contributed by atoms with Crippen molar-refractivity contribution in [2.24, 2.45) is 5.73 Å². The molecular weight excluding hydrogens is 466 g/mol. The molecule has 3 N–H and O–H groups in total. The van der Waals surface area contributed by atoms with Crippen LogP contribution in [-0.4, -0.2) is 88.5 Å². The third kappa shape index (κ3) is 6.88. The number of benzene rings is 1. The van der Waals surface area contributed by atoms with Gasteiger partial charge >= 0.3 is 18.0 Å². The van der Waals surface area contributed by atoms with E-state index >= 15 is 0 Å².